The van der Waals surface area contributed by atoms with E-state index < -0.39 is 6.10 Å². The molecular formula is C13H19ClO. The van der Waals surface area contributed by atoms with Crippen LogP contribution in [0.2, 0.25) is 5.02 Å². The summed E-state index contributed by atoms with van der Waals surface area (Å²) >= 11 is 6.04. The van der Waals surface area contributed by atoms with Gasteiger partial charge in [0.1, 0.15) is 0 Å². The molecule has 1 nitrogen and oxygen atoms in total. The van der Waals surface area contributed by atoms with Gasteiger partial charge in [0.15, 0.2) is 0 Å². The molecule has 0 spiro atoms. The largest absolute Gasteiger partial charge is 0.388 e. The molecule has 1 unspecified atom stereocenters. The maximum atomic E-state index is 10.1. The second-order valence-corrected chi connectivity index (χ2v) is 4.49. The van der Waals surface area contributed by atoms with Gasteiger partial charge in [0.25, 0.3) is 0 Å². The third-order valence-corrected chi connectivity index (χ3v) is 3.12. The van der Waals surface area contributed by atoms with Crippen molar-refractivity contribution < 1.29 is 5.11 Å². The Hall–Kier alpha value is -0.530. The molecule has 1 aromatic carbocycles. The van der Waals surface area contributed by atoms with Gasteiger partial charge >= 0.3 is 0 Å². The van der Waals surface area contributed by atoms with E-state index in [4.69, 9.17) is 11.6 Å². The van der Waals surface area contributed by atoms with E-state index in [1.807, 2.05) is 24.3 Å². The van der Waals surface area contributed by atoms with E-state index in [1.165, 1.54) is 6.42 Å². The number of benzene rings is 1. The zero-order valence-electron chi connectivity index (χ0n) is 9.41. The lowest BCUT2D eigenvalue weighted by atomic mass is 9.93. The maximum absolute atomic E-state index is 10.1. The van der Waals surface area contributed by atoms with E-state index in [1.54, 1.807) is 0 Å². The molecule has 84 valence electrons. The van der Waals surface area contributed by atoms with Crippen molar-refractivity contribution in [2.45, 2.75) is 39.2 Å². The summed E-state index contributed by atoms with van der Waals surface area (Å²) in [7, 11) is 0. The quantitative estimate of drug-likeness (QED) is 0.798. The van der Waals surface area contributed by atoms with Crippen LogP contribution in [-0.2, 0) is 0 Å². The van der Waals surface area contributed by atoms with Crippen molar-refractivity contribution in [2.75, 3.05) is 0 Å². The van der Waals surface area contributed by atoms with Gasteiger partial charge in [-0.15, -0.1) is 0 Å². The molecule has 2 atom stereocenters. The number of halogens is 1. The maximum Gasteiger partial charge on any atom is 0.0829 e. The van der Waals surface area contributed by atoms with Gasteiger partial charge in [-0.2, -0.15) is 0 Å². The molecule has 0 radical (unpaired) electrons. The third kappa shape index (κ3) is 3.51. The highest BCUT2D eigenvalue weighted by atomic mass is 35.5. The Labute approximate surface area is 97.1 Å². The zero-order chi connectivity index (χ0) is 11.3. The molecule has 0 aliphatic heterocycles. The van der Waals surface area contributed by atoms with Crippen molar-refractivity contribution in [1.82, 2.24) is 0 Å². The third-order valence-electron chi connectivity index (χ3n) is 2.78. The summed E-state index contributed by atoms with van der Waals surface area (Å²) in [6.45, 7) is 4.23. The van der Waals surface area contributed by atoms with Crippen molar-refractivity contribution >= 4 is 11.6 Å². The minimum Gasteiger partial charge on any atom is -0.388 e. The predicted octanol–water partition coefficient (Wildman–Crippen LogP) is 4.20. The Morgan fingerprint density at radius 3 is 2.60 bits per heavy atom. The first-order valence-electron chi connectivity index (χ1n) is 5.59. The predicted molar refractivity (Wildman–Crippen MR) is 65.1 cm³/mol. The van der Waals surface area contributed by atoms with Crippen LogP contribution in [0.5, 0.6) is 0 Å². The minimum atomic E-state index is -0.440. The number of aliphatic hydroxyl groups is 1. The second-order valence-electron chi connectivity index (χ2n) is 4.09. The van der Waals surface area contributed by atoms with Crippen LogP contribution < -0.4 is 0 Å². The number of aliphatic hydroxyl groups excluding tert-OH is 1. The molecule has 0 aromatic heterocycles. The van der Waals surface area contributed by atoms with Gasteiger partial charge in [-0.3, -0.25) is 0 Å². The lowest BCUT2D eigenvalue weighted by molar-refractivity contribution is 0.111. The fourth-order valence-corrected chi connectivity index (χ4v) is 1.95. The molecule has 1 rings (SSSR count). The van der Waals surface area contributed by atoms with Gasteiger partial charge in [0.2, 0.25) is 0 Å². The lowest BCUT2D eigenvalue weighted by Gasteiger charge is -2.19. The van der Waals surface area contributed by atoms with Crippen molar-refractivity contribution in [3.05, 3.63) is 34.9 Å². The summed E-state index contributed by atoms with van der Waals surface area (Å²) in [5.74, 6) is 0.268. The molecule has 0 saturated carbocycles. The summed E-state index contributed by atoms with van der Waals surface area (Å²) in [6.07, 6.45) is 2.93. The highest BCUT2D eigenvalue weighted by Gasteiger charge is 2.17. The molecule has 2 heteroatoms. The van der Waals surface area contributed by atoms with Crippen molar-refractivity contribution in [3.8, 4) is 0 Å². The van der Waals surface area contributed by atoms with Gasteiger partial charge in [0, 0.05) is 5.02 Å². The first-order chi connectivity index (χ1) is 7.16. The van der Waals surface area contributed by atoms with Crippen molar-refractivity contribution in [3.63, 3.8) is 0 Å². The topological polar surface area (TPSA) is 20.2 Å². The van der Waals surface area contributed by atoms with Crippen LogP contribution in [0.25, 0.3) is 0 Å². The van der Waals surface area contributed by atoms with Crippen LogP contribution in [0, 0.1) is 5.92 Å². The molecule has 0 aliphatic carbocycles. The lowest BCUT2D eigenvalue weighted by Crippen LogP contribution is -2.09. The normalized spacial score (nSPS) is 14.9. The monoisotopic (exact) mass is 226 g/mol. The van der Waals surface area contributed by atoms with Gasteiger partial charge in [-0.05, 0) is 24.0 Å². The molecule has 15 heavy (non-hydrogen) atoms. The smallest absolute Gasteiger partial charge is 0.0829 e. The Kier molecular flexibility index (Phi) is 5.13. The first kappa shape index (κ1) is 12.5. The first-order valence-corrected chi connectivity index (χ1v) is 5.97. The molecular weight excluding hydrogens is 208 g/mol. The zero-order valence-corrected chi connectivity index (χ0v) is 10.2. The minimum absolute atomic E-state index is 0.268. The standard InChI is InChI=1S/C13H19ClO/c1-3-4-7-10(2)13(15)11-8-5-6-9-12(11)14/h5-6,8-10,13,15H,3-4,7H2,1-2H3/t10?,13-/m0/s1. The van der Waals surface area contributed by atoms with Crippen molar-refractivity contribution in [2.24, 2.45) is 5.92 Å². The van der Waals surface area contributed by atoms with Gasteiger partial charge < -0.3 is 5.11 Å². The Bertz CT molecular complexity index is 298. The number of hydrogen-bond acceptors (Lipinski definition) is 1. The highest BCUT2D eigenvalue weighted by molar-refractivity contribution is 6.31. The molecule has 0 fully saturated rings. The summed E-state index contributed by atoms with van der Waals surface area (Å²) in [6, 6.07) is 7.52. The van der Waals surface area contributed by atoms with Crippen LogP contribution in [0.4, 0.5) is 0 Å². The molecule has 0 bridgehead atoms. The van der Waals surface area contributed by atoms with Crippen LogP contribution in [0.15, 0.2) is 24.3 Å². The number of hydrogen-bond donors (Lipinski definition) is 1. The molecule has 1 aromatic rings. The van der Waals surface area contributed by atoms with E-state index >= 15 is 0 Å². The van der Waals surface area contributed by atoms with Crippen molar-refractivity contribution in [1.29, 1.82) is 0 Å². The summed E-state index contributed by atoms with van der Waals surface area (Å²) in [5.41, 5.74) is 0.850. The van der Waals surface area contributed by atoms with E-state index in [0.717, 1.165) is 18.4 Å². The fraction of sp³-hybridized carbons (Fsp3) is 0.538. The Morgan fingerprint density at radius 2 is 2.00 bits per heavy atom. The summed E-state index contributed by atoms with van der Waals surface area (Å²) in [5, 5.41) is 10.8. The number of unbranched alkanes of at least 4 members (excludes halogenated alkanes) is 1. The molecule has 1 N–H and O–H groups in total. The molecule has 0 saturated heterocycles. The second kappa shape index (κ2) is 6.14. The van der Waals surface area contributed by atoms with Gasteiger partial charge in [-0.1, -0.05) is 56.5 Å². The van der Waals surface area contributed by atoms with E-state index in [2.05, 4.69) is 13.8 Å². The molecule has 0 heterocycles. The van der Waals surface area contributed by atoms with E-state index in [0.29, 0.717) is 5.02 Å². The van der Waals surface area contributed by atoms with Crippen LogP contribution in [0.3, 0.4) is 0 Å². The summed E-state index contributed by atoms with van der Waals surface area (Å²) in [4.78, 5) is 0. The van der Waals surface area contributed by atoms with E-state index in [-0.39, 0.29) is 5.92 Å². The average molecular weight is 227 g/mol. The SMILES string of the molecule is CCCCC(C)[C@H](O)c1ccccc1Cl. The Morgan fingerprint density at radius 1 is 1.33 bits per heavy atom. The van der Waals surface area contributed by atoms with Crippen LogP contribution >= 0.6 is 11.6 Å². The molecule has 0 aliphatic rings. The number of rotatable bonds is 5. The van der Waals surface area contributed by atoms with E-state index in [9.17, 15) is 5.11 Å². The van der Waals surface area contributed by atoms with Crippen LogP contribution in [-0.4, -0.2) is 5.11 Å². The van der Waals surface area contributed by atoms with Gasteiger partial charge in [0.05, 0.1) is 6.10 Å². The van der Waals surface area contributed by atoms with Crippen LogP contribution in [0.1, 0.15) is 44.8 Å². The Balaban J connectivity index is 2.67. The fourth-order valence-electron chi connectivity index (χ4n) is 1.71. The van der Waals surface area contributed by atoms with Gasteiger partial charge in [-0.25, -0.2) is 0 Å². The average Bonchev–Trinajstić information content (AvgIpc) is 2.25. The summed E-state index contributed by atoms with van der Waals surface area (Å²) < 4.78 is 0. The molecule has 0 amide bonds. The highest BCUT2D eigenvalue weighted by Crippen LogP contribution is 2.30.